The van der Waals surface area contributed by atoms with Gasteiger partial charge in [0.1, 0.15) is 0 Å². The third-order valence-electron chi connectivity index (χ3n) is 3.41. The lowest BCUT2D eigenvalue weighted by atomic mass is 9.98. The van der Waals surface area contributed by atoms with Gasteiger partial charge in [-0.05, 0) is 44.3 Å². The first-order valence-corrected chi connectivity index (χ1v) is 7.09. The highest BCUT2D eigenvalue weighted by atomic mass is 14.8. The molecule has 0 saturated heterocycles. The summed E-state index contributed by atoms with van der Waals surface area (Å²) in [6, 6.07) is 0. The van der Waals surface area contributed by atoms with Gasteiger partial charge >= 0.3 is 0 Å². The lowest BCUT2D eigenvalue weighted by Crippen LogP contribution is -2.25. The standard InChI is InChI=1S/C14H32N2/c1-13(2)14(3)12-16-11-9-7-5-4-6-8-10-15/h13-14,16H,4-12,15H2,1-3H3. The van der Waals surface area contributed by atoms with E-state index in [0.717, 1.165) is 18.4 Å². The molecule has 0 aliphatic carbocycles. The molecule has 0 saturated carbocycles. The summed E-state index contributed by atoms with van der Waals surface area (Å²) in [6.07, 6.45) is 7.94. The maximum Gasteiger partial charge on any atom is -0.00207 e. The van der Waals surface area contributed by atoms with Crippen LogP contribution in [0.5, 0.6) is 0 Å². The first-order valence-electron chi connectivity index (χ1n) is 7.09. The molecule has 2 heteroatoms. The Labute approximate surface area is 102 Å². The van der Waals surface area contributed by atoms with Gasteiger partial charge < -0.3 is 11.1 Å². The zero-order valence-corrected chi connectivity index (χ0v) is 11.6. The van der Waals surface area contributed by atoms with Crippen molar-refractivity contribution in [3.8, 4) is 0 Å². The van der Waals surface area contributed by atoms with Crippen molar-refractivity contribution in [1.29, 1.82) is 0 Å². The van der Waals surface area contributed by atoms with Crippen LogP contribution in [0.25, 0.3) is 0 Å². The highest BCUT2D eigenvalue weighted by molar-refractivity contribution is 4.60. The second-order valence-electron chi connectivity index (χ2n) is 5.34. The van der Waals surface area contributed by atoms with E-state index >= 15 is 0 Å². The molecule has 0 radical (unpaired) electrons. The number of unbranched alkanes of at least 4 members (excludes halogenated alkanes) is 5. The molecule has 98 valence electrons. The van der Waals surface area contributed by atoms with Crippen LogP contribution in [0.3, 0.4) is 0 Å². The van der Waals surface area contributed by atoms with E-state index in [-0.39, 0.29) is 0 Å². The fourth-order valence-electron chi connectivity index (χ4n) is 1.67. The lowest BCUT2D eigenvalue weighted by Gasteiger charge is -2.15. The molecule has 0 fully saturated rings. The smallest absolute Gasteiger partial charge is 0.00207 e. The number of hydrogen-bond acceptors (Lipinski definition) is 2. The zero-order valence-electron chi connectivity index (χ0n) is 11.6. The van der Waals surface area contributed by atoms with Crippen molar-refractivity contribution in [1.82, 2.24) is 5.32 Å². The molecular formula is C14H32N2. The summed E-state index contributed by atoms with van der Waals surface area (Å²) in [4.78, 5) is 0. The maximum atomic E-state index is 5.45. The van der Waals surface area contributed by atoms with Gasteiger partial charge in [-0.15, -0.1) is 0 Å². The van der Waals surface area contributed by atoms with Crippen LogP contribution in [-0.2, 0) is 0 Å². The first kappa shape index (κ1) is 15.9. The monoisotopic (exact) mass is 228 g/mol. The SMILES string of the molecule is CC(C)C(C)CNCCCCCCCCN. The molecule has 0 spiro atoms. The van der Waals surface area contributed by atoms with Gasteiger partial charge in [0.2, 0.25) is 0 Å². The van der Waals surface area contributed by atoms with Crippen LogP contribution in [0.4, 0.5) is 0 Å². The molecule has 0 aromatic rings. The van der Waals surface area contributed by atoms with Gasteiger partial charge in [-0.1, -0.05) is 46.5 Å². The average Bonchev–Trinajstić information content (AvgIpc) is 2.26. The Kier molecular flexibility index (Phi) is 11.3. The minimum atomic E-state index is 0.795. The molecule has 1 atom stereocenters. The van der Waals surface area contributed by atoms with Crippen LogP contribution >= 0.6 is 0 Å². The molecule has 1 unspecified atom stereocenters. The van der Waals surface area contributed by atoms with E-state index in [0.29, 0.717) is 0 Å². The van der Waals surface area contributed by atoms with Crippen LogP contribution in [-0.4, -0.2) is 19.6 Å². The van der Waals surface area contributed by atoms with Crippen LogP contribution < -0.4 is 11.1 Å². The molecule has 0 aliphatic heterocycles. The molecule has 0 rings (SSSR count). The zero-order chi connectivity index (χ0) is 12.2. The Hall–Kier alpha value is -0.0800. The summed E-state index contributed by atoms with van der Waals surface area (Å²) in [5.41, 5.74) is 5.45. The topological polar surface area (TPSA) is 38.0 Å². The van der Waals surface area contributed by atoms with Crippen molar-refractivity contribution in [2.75, 3.05) is 19.6 Å². The highest BCUT2D eigenvalue weighted by Gasteiger charge is 2.05. The summed E-state index contributed by atoms with van der Waals surface area (Å²) in [7, 11) is 0. The quantitative estimate of drug-likeness (QED) is 0.533. The van der Waals surface area contributed by atoms with E-state index in [9.17, 15) is 0 Å². The average molecular weight is 228 g/mol. The fourth-order valence-corrected chi connectivity index (χ4v) is 1.67. The number of nitrogens with two attached hydrogens (primary N) is 1. The van der Waals surface area contributed by atoms with E-state index in [4.69, 9.17) is 5.73 Å². The maximum absolute atomic E-state index is 5.45. The van der Waals surface area contributed by atoms with Crippen LogP contribution in [0.15, 0.2) is 0 Å². The second kappa shape index (κ2) is 11.4. The largest absolute Gasteiger partial charge is 0.330 e. The molecular weight excluding hydrogens is 196 g/mol. The minimum Gasteiger partial charge on any atom is -0.330 e. The van der Waals surface area contributed by atoms with E-state index in [1.807, 2.05) is 0 Å². The van der Waals surface area contributed by atoms with Crippen molar-refractivity contribution in [2.45, 2.75) is 59.3 Å². The van der Waals surface area contributed by atoms with E-state index < -0.39 is 0 Å². The summed E-state index contributed by atoms with van der Waals surface area (Å²) in [5, 5.41) is 3.55. The van der Waals surface area contributed by atoms with Gasteiger partial charge in [0, 0.05) is 0 Å². The summed E-state index contributed by atoms with van der Waals surface area (Å²) >= 11 is 0. The van der Waals surface area contributed by atoms with Crippen molar-refractivity contribution in [3.63, 3.8) is 0 Å². The molecule has 0 aromatic heterocycles. The van der Waals surface area contributed by atoms with Gasteiger partial charge in [0.25, 0.3) is 0 Å². The number of nitrogens with one attached hydrogen (secondary N) is 1. The Morgan fingerprint density at radius 1 is 0.875 bits per heavy atom. The third kappa shape index (κ3) is 10.4. The van der Waals surface area contributed by atoms with Crippen LogP contribution in [0.1, 0.15) is 59.3 Å². The molecule has 0 heterocycles. The normalized spacial score (nSPS) is 13.3. The molecule has 16 heavy (non-hydrogen) atoms. The molecule has 0 aromatic carbocycles. The van der Waals surface area contributed by atoms with Crippen molar-refractivity contribution >= 4 is 0 Å². The van der Waals surface area contributed by atoms with Gasteiger partial charge in [0.05, 0.1) is 0 Å². The molecule has 3 N–H and O–H groups in total. The number of rotatable bonds is 11. The highest BCUT2D eigenvalue weighted by Crippen LogP contribution is 2.08. The van der Waals surface area contributed by atoms with E-state index in [1.54, 1.807) is 0 Å². The van der Waals surface area contributed by atoms with Crippen molar-refractivity contribution in [3.05, 3.63) is 0 Å². The summed E-state index contributed by atoms with van der Waals surface area (Å²) in [5.74, 6) is 1.59. The Morgan fingerprint density at radius 2 is 1.44 bits per heavy atom. The predicted octanol–water partition coefficient (Wildman–Crippen LogP) is 3.17. The number of hydrogen-bond donors (Lipinski definition) is 2. The molecule has 0 bridgehead atoms. The van der Waals surface area contributed by atoms with Crippen molar-refractivity contribution in [2.24, 2.45) is 17.6 Å². The minimum absolute atomic E-state index is 0.795. The lowest BCUT2D eigenvalue weighted by molar-refractivity contribution is 0.390. The first-order chi connectivity index (χ1) is 7.68. The Bertz CT molecular complexity index is 135. The molecule has 2 nitrogen and oxygen atoms in total. The molecule has 0 aliphatic rings. The van der Waals surface area contributed by atoms with Gasteiger partial charge in [-0.2, -0.15) is 0 Å². The van der Waals surface area contributed by atoms with Crippen LogP contribution in [0.2, 0.25) is 0 Å². The van der Waals surface area contributed by atoms with E-state index in [1.165, 1.54) is 51.6 Å². The summed E-state index contributed by atoms with van der Waals surface area (Å²) in [6.45, 7) is 10.1. The van der Waals surface area contributed by atoms with Gasteiger partial charge in [-0.3, -0.25) is 0 Å². The van der Waals surface area contributed by atoms with E-state index in [2.05, 4.69) is 26.1 Å². The van der Waals surface area contributed by atoms with Crippen LogP contribution in [0, 0.1) is 11.8 Å². The predicted molar refractivity (Wildman–Crippen MR) is 73.6 cm³/mol. The fraction of sp³-hybridized carbons (Fsp3) is 1.00. The molecule has 0 amide bonds. The Balaban J connectivity index is 3.04. The van der Waals surface area contributed by atoms with Gasteiger partial charge in [0.15, 0.2) is 0 Å². The van der Waals surface area contributed by atoms with Gasteiger partial charge in [-0.25, -0.2) is 0 Å². The second-order valence-corrected chi connectivity index (χ2v) is 5.34. The third-order valence-corrected chi connectivity index (χ3v) is 3.41. The Morgan fingerprint density at radius 3 is 2.00 bits per heavy atom. The van der Waals surface area contributed by atoms with Crippen molar-refractivity contribution < 1.29 is 0 Å². The summed E-state index contributed by atoms with van der Waals surface area (Å²) < 4.78 is 0.